The molecule has 21 heavy (non-hydrogen) atoms. The Hall–Kier alpha value is -1.10. The van der Waals surface area contributed by atoms with Crippen LogP contribution in [0.5, 0.6) is 0 Å². The Balaban J connectivity index is 2.01. The zero-order valence-corrected chi connectivity index (χ0v) is 14.0. The van der Waals surface area contributed by atoms with Crippen molar-refractivity contribution in [3.63, 3.8) is 0 Å². The summed E-state index contributed by atoms with van der Waals surface area (Å²) >= 11 is 9.57. The van der Waals surface area contributed by atoms with Crippen molar-refractivity contribution in [2.24, 2.45) is 5.73 Å². The van der Waals surface area contributed by atoms with Gasteiger partial charge in [-0.15, -0.1) is 0 Å². The molecule has 2 aromatic rings. The number of nitrogens with two attached hydrogens (primary N) is 1. The Bertz CT molecular complexity index is 621. The molecule has 0 aliphatic carbocycles. The third-order valence-corrected chi connectivity index (χ3v) is 4.22. The monoisotopic (exact) mass is 370 g/mol. The molecule has 0 amide bonds. The summed E-state index contributed by atoms with van der Waals surface area (Å²) in [5.74, 6) is -0.227. The van der Waals surface area contributed by atoms with E-state index in [4.69, 9.17) is 17.3 Å². The van der Waals surface area contributed by atoms with Gasteiger partial charge in [0, 0.05) is 29.1 Å². The van der Waals surface area contributed by atoms with Crippen LogP contribution >= 0.6 is 27.5 Å². The van der Waals surface area contributed by atoms with Gasteiger partial charge in [-0.2, -0.15) is 0 Å². The summed E-state index contributed by atoms with van der Waals surface area (Å²) in [5, 5.41) is 0.644. The molecule has 0 spiro atoms. The molecule has 2 rings (SSSR count). The zero-order chi connectivity index (χ0) is 15.4. The van der Waals surface area contributed by atoms with Gasteiger partial charge in [-0.05, 0) is 36.2 Å². The molecule has 0 fully saturated rings. The Morgan fingerprint density at radius 1 is 1.29 bits per heavy atom. The topological polar surface area (TPSA) is 29.3 Å². The zero-order valence-electron chi connectivity index (χ0n) is 11.7. The summed E-state index contributed by atoms with van der Waals surface area (Å²) in [6, 6.07) is 12.2. The van der Waals surface area contributed by atoms with E-state index in [9.17, 15) is 4.39 Å². The van der Waals surface area contributed by atoms with Crippen molar-refractivity contribution in [3.05, 3.63) is 63.3 Å². The van der Waals surface area contributed by atoms with Crippen LogP contribution in [0.15, 0.2) is 46.9 Å². The molecular weight excluding hydrogens is 355 g/mol. The molecule has 0 saturated carbocycles. The predicted octanol–water partition coefficient (Wildman–Crippen LogP) is 4.77. The maximum absolute atomic E-state index is 13.7. The van der Waals surface area contributed by atoms with Crippen LogP contribution in [0.2, 0.25) is 5.02 Å². The van der Waals surface area contributed by atoms with Crippen LogP contribution in [0.4, 0.5) is 10.1 Å². The SMILES string of the molecule is CN(CCC(N)c1ccc(Br)cc1Cl)c1ccccc1F. The van der Waals surface area contributed by atoms with Crippen molar-refractivity contribution in [1.82, 2.24) is 0 Å². The first-order chi connectivity index (χ1) is 9.99. The molecule has 0 radical (unpaired) electrons. The second kappa shape index (κ2) is 7.25. The van der Waals surface area contributed by atoms with Crippen molar-refractivity contribution in [3.8, 4) is 0 Å². The van der Waals surface area contributed by atoms with Crippen LogP contribution in [-0.4, -0.2) is 13.6 Å². The number of nitrogens with zero attached hydrogens (tertiary/aromatic N) is 1. The lowest BCUT2D eigenvalue weighted by atomic mass is 10.0. The van der Waals surface area contributed by atoms with Crippen molar-refractivity contribution < 1.29 is 4.39 Å². The summed E-state index contributed by atoms with van der Waals surface area (Å²) in [5.41, 5.74) is 7.67. The van der Waals surface area contributed by atoms with E-state index in [0.29, 0.717) is 23.7 Å². The summed E-state index contributed by atoms with van der Waals surface area (Å²) < 4.78 is 14.6. The molecule has 5 heteroatoms. The minimum atomic E-state index is -0.227. The molecule has 1 atom stereocenters. The van der Waals surface area contributed by atoms with E-state index in [2.05, 4.69) is 15.9 Å². The number of rotatable bonds is 5. The highest BCUT2D eigenvalue weighted by Crippen LogP contribution is 2.27. The number of halogens is 3. The molecule has 1 unspecified atom stereocenters. The Morgan fingerprint density at radius 3 is 2.67 bits per heavy atom. The Kier molecular flexibility index (Phi) is 5.62. The highest BCUT2D eigenvalue weighted by molar-refractivity contribution is 9.10. The Morgan fingerprint density at radius 2 is 2.00 bits per heavy atom. The number of hydrogen-bond acceptors (Lipinski definition) is 2. The smallest absolute Gasteiger partial charge is 0.146 e. The molecule has 2 aromatic carbocycles. The van der Waals surface area contributed by atoms with E-state index in [1.807, 2.05) is 36.2 Å². The van der Waals surface area contributed by atoms with E-state index >= 15 is 0 Å². The van der Waals surface area contributed by atoms with Crippen LogP contribution in [0, 0.1) is 5.82 Å². The third kappa shape index (κ3) is 4.19. The normalized spacial score (nSPS) is 12.2. The van der Waals surface area contributed by atoms with Gasteiger partial charge in [0.2, 0.25) is 0 Å². The fourth-order valence-corrected chi connectivity index (χ4v) is 2.99. The largest absolute Gasteiger partial charge is 0.372 e. The number of anilines is 1. The quantitative estimate of drug-likeness (QED) is 0.820. The maximum Gasteiger partial charge on any atom is 0.146 e. The molecular formula is C16H17BrClFN2. The predicted molar refractivity (Wildman–Crippen MR) is 90.4 cm³/mol. The lowest BCUT2D eigenvalue weighted by molar-refractivity contribution is 0.607. The molecule has 0 aliphatic rings. The second-order valence-electron chi connectivity index (χ2n) is 4.93. The third-order valence-electron chi connectivity index (χ3n) is 3.40. The summed E-state index contributed by atoms with van der Waals surface area (Å²) in [6.45, 7) is 0.647. The standard InChI is InChI=1S/C16H17BrClFN2/c1-21(16-5-3-2-4-14(16)19)9-8-15(20)12-7-6-11(17)10-13(12)18/h2-7,10,15H,8-9,20H2,1H3. The minimum Gasteiger partial charge on any atom is -0.372 e. The van der Waals surface area contributed by atoms with Gasteiger partial charge >= 0.3 is 0 Å². The second-order valence-corrected chi connectivity index (χ2v) is 6.26. The average molecular weight is 372 g/mol. The molecule has 0 aromatic heterocycles. The number of para-hydroxylation sites is 1. The van der Waals surface area contributed by atoms with Crippen LogP contribution in [0.1, 0.15) is 18.0 Å². The highest BCUT2D eigenvalue weighted by Gasteiger charge is 2.13. The molecule has 0 bridgehead atoms. The van der Waals surface area contributed by atoms with Gasteiger partial charge in [-0.25, -0.2) is 4.39 Å². The van der Waals surface area contributed by atoms with Crippen LogP contribution in [0.25, 0.3) is 0 Å². The Labute approximate surface area is 137 Å². The molecule has 112 valence electrons. The van der Waals surface area contributed by atoms with Gasteiger partial charge in [0.1, 0.15) is 5.82 Å². The fraction of sp³-hybridized carbons (Fsp3) is 0.250. The maximum atomic E-state index is 13.7. The van der Waals surface area contributed by atoms with Gasteiger partial charge in [0.15, 0.2) is 0 Å². The van der Waals surface area contributed by atoms with Crippen LogP contribution < -0.4 is 10.6 Å². The average Bonchev–Trinajstić information content (AvgIpc) is 2.45. The summed E-state index contributed by atoms with van der Waals surface area (Å²) in [6.07, 6.45) is 0.687. The van der Waals surface area contributed by atoms with E-state index in [0.717, 1.165) is 10.0 Å². The summed E-state index contributed by atoms with van der Waals surface area (Å²) in [7, 11) is 1.86. The van der Waals surface area contributed by atoms with Crippen LogP contribution in [0.3, 0.4) is 0 Å². The van der Waals surface area contributed by atoms with E-state index in [1.54, 1.807) is 12.1 Å². The van der Waals surface area contributed by atoms with E-state index in [-0.39, 0.29) is 11.9 Å². The molecule has 0 aliphatic heterocycles. The van der Waals surface area contributed by atoms with Gasteiger partial charge in [0.05, 0.1) is 5.69 Å². The first-order valence-electron chi connectivity index (χ1n) is 6.65. The molecule has 2 N–H and O–H groups in total. The molecule has 0 saturated heterocycles. The fourth-order valence-electron chi connectivity index (χ4n) is 2.17. The molecule has 0 heterocycles. The van der Waals surface area contributed by atoms with E-state index < -0.39 is 0 Å². The van der Waals surface area contributed by atoms with Gasteiger partial charge in [-0.3, -0.25) is 0 Å². The van der Waals surface area contributed by atoms with Gasteiger partial charge < -0.3 is 10.6 Å². The lowest BCUT2D eigenvalue weighted by Crippen LogP contribution is -2.24. The number of hydrogen-bond donors (Lipinski definition) is 1. The summed E-state index contributed by atoms with van der Waals surface area (Å²) in [4.78, 5) is 1.86. The van der Waals surface area contributed by atoms with Crippen molar-refractivity contribution in [1.29, 1.82) is 0 Å². The van der Waals surface area contributed by atoms with Crippen molar-refractivity contribution in [2.45, 2.75) is 12.5 Å². The van der Waals surface area contributed by atoms with Crippen LogP contribution in [-0.2, 0) is 0 Å². The minimum absolute atomic E-state index is 0.181. The molecule has 2 nitrogen and oxygen atoms in total. The van der Waals surface area contributed by atoms with Crippen molar-refractivity contribution >= 4 is 33.2 Å². The first-order valence-corrected chi connectivity index (χ1v) is 7.82. The lowest BCUT2D eigenvalue weighted by Gasteiger charge is -2.22. The highest BCUT2D eigenvalue weighted by atomic mass is 79.9. The number of benzene rings is 2. The van der Waals surface area contributed by atoms with Crippen molar-refractivity contribution in [2.75, 3.05) is 18.5 Å². The van der Waals surface area contributed by atoms with Gasteiger partial charge in [-0.1, -0.05) is 45.7 Å². The van der Waals surface area contributed by atoms with Gasteiger partial charge in [0.25, 0.3) is 0 Å². The van der Waals surface area contributed by atoms with E-state index in [1.165, 1.54) is 6.07 Å². The first kappa shape index (κ1) is 16.3.